The molecule has 0 saturated carbocycles. The molecule has 0 rings (SSSR count). The van der Waals surface area contributed by atoms with Gasteiger partial charge in [0.05, 0.1) is 26.4 Å². The van der Waals surface area contributed by atoms with Crippen LogP contribution in [0, 0.1) is 23.7 Å². The molecule has 0 amide bonds. The first-order valence-electron chi connectivity index (χ1n) is 46.7. The van der Waals surface area contributed by atoms with Crippen LogP contribution in [-0.4, -0.2) is 96.7 Å². The van der Waals surface area contributed by atoms with E-state index in [2.05, 4.69) is 55.4 Å². The second-order valence-electron chi connectivity index (χ2n) is 34.4. The molecule has 0 aliphatic carbocycles. The Morgan fingerprint density at radius 3 is 0.645 bits per heavy atom. The summed E-state index contributed by atoms with van der Waals surface area (Å²) >= 11 is 0. The van der Waals surface area contributed by atoms with E-state index in [-0.39, 0.29) is 25.7 Å². The fourth-order valence-corrected chi connectivity index (χ4v) is 15.7. The maximum Gasteiger partial charge on any atom is 0.472 e. The number of hydrogen-bond acceptors (Lipinski definition) is 15. The molecule has 19 heteroatoms. The number of esters is 4. The van der Waals surface area contributed by atoms with Gasteiger partial charge in [0.15, 0.2) is 12.2 Å². The molecule has 110 heavy (non-hydrogen) atoms. The summed E-state index contributed by atoms with van der Waals surface area (Å²) < 4.78 is 69.1. The molecule has 654 valence electrons. The number of rotatable bonds is 88. The topological polar surface area (TPSA) is 237 Å². The Balaban J connectivity index is 5.25. The number of phosphoric acid groups is 2. The Kier molecular flexibility index (Phi) is 78.1. The molecular weight excluding hydrogens is 1430 g/mol. The standard InChI is InChI=1S/C91H178O17P2/c1-9-84(8)70-62-54-46-41-42-48-56-64-72-89(94)102-78-87(108-91(96)74-66-58-50-40-34-28-22-25-31-37-45-53-61-69-83(6)7)80-106-110(99,100)104-76-85(92)75-103-109(97,98)105-79-86(107-90(95)73-65-57-49-39-33-27-21-17-13-11-15-19-24-30-36-44-52-60-68-82(4)5)77-101-88(93)71-63-55-47-38-32-26-20-16-12-10-14-18-23-29-35-43-51-59-67-81(2)3/h81-87,92H,9-80H2,1-8H3,(H,97,98)(H,99,100)/t84?,85-,86-,87-/m1/s1. The fraction of sp³-hybridized carbons (Fsp3) is 0.956. The van der Waals surface area contributed by atoms with Crippen LogP contribution in [0.2, 0.25) is 0 Å². The predicted molar refractivity (Wildman–Crippen MR) is 455 cm³/mol. The Hall–Kier alpha value is -1.94. The molecule has 0 aromatic carbocycles. The van der Waals surface area contributed by atoms with E-state index in [0.717, 1.165) is 114 Å². The van der Waals surface area contributed by atoms with E-state index < -0.39 is 97.5 Å². The Labute approximate surface area is 677 Å². The highest BCUT2D eigenvalue weighted by Crippen LogP contribution is 2.45. The second kappa shape index (κ2) is 79.5. The first-order valence-corrected chi connectivity index (χ1v) is 49.7. The number of ether oxygens (including phenoxy) is 4. The Bertz CT molecular complexity index is 2130. The minimum absolute atomic E-state index is 0.107. The lowest BCUT2D eigenvalue weighted by Crippen LogP contribution is -2.30. The number of phosphoric ester groups is 2. The minimum atomic E-state index is -4.97. The van der Waals surface area contributed by atoms with Gasteiger partial charge < -0.3 is 33.8 Å². The van der Waals surface area contributed by atoms with Gasteiger partial charge in [0, 0.05) is 25.7 Å². The highest BCUT2D eigenvalue weighted by Gasteiger charge is 2.31. The summed E-state index contributed by atoms with van der Waals surface area (Å²) in [5, 5.41) is 10.7. The third-order valence-electron chi connectivity index (χ3n) is 21.7. The summed E-state index contributed by atoms with van der Waals surface area (Å²) in [4.78, 5) is 73.4. The molecule has 0 aromatic heterocycles. The normalized spacial score (nSPS) is 14.1. The lowest BCUT2D eigenvalue weighted by Gasteiger charge is -2.21. The zero-order valence-corrected chi connectivity index (χ0v) is 74.7. The molecular formula is C91H178O17P2. The zero-order valence-electron chi connectivity index (χ0n) is 72.9. The molecule has 3 N–H and O–H groups in total. The summed E-state index contributed by atoms with van der Waals surface area (Å²) in [5.74, 6) is 1.11. The van der Waals surface area contributed by atoms with E-state index in [1.54, 1.807) is 0 Å². The van der Waals surface area contributed by atoms with Crippen molar-refractivity contribution in [2.75, 3.05) is 39.6 Å². The van der Waals surface area contributed by atoms with Crippen LogP contribution in [0.1, 0.15) is 479 Å². The molecule has 3 unspecified atom stereocenters. The molecule has 0 saturated heterocycles. The summed E-state index contributed by atoms with van der Waals surface area (Å²) in [5.41, 5.74) is 0. The summed E-state index contributed by atoms with van der Waals surface area (Å²) in [6.07, 6.45) is 70.8. The van der Waals surface area contributed by atoms with Crippen molar-refractivity contribution in [1.82, 2.24) is 0 Å². The van der Waals surface area contributed by atoms with Crippen LogP contribution in [-0.2, 0) is 65.4 Å². The second-order valence-corrected chi connectivity index (χ2v) is 37.3. The minimum Gasteiger partial charge on any atom is -0.462 e. The smallest absolute Gasteiger partial charge is 0.462 e. The third-order valence-corrected chi connectivity index (χ3v) is 23.6. The van der Waals surface area contributed by atoms with Gasteiger partial charge in [-0.25, -0.2) is 9.13 Å². The summed E-state index contributed by atoms with van der Waals surface area (Å²) in [6.45, 7) is 14.4. The Morgan fingerprint density at radius 1 is 0.255 bits per heavy atom. The molecule has 0 aromatic rings. The lowest BCUT2D eigenvalue weighted by atomic mass is 9.99. The number of hydrogen-bond donors (Lipinski definition) is 3. The molecule has 0 heterocycles. The van der Waals surface area contributed by atoms with Crippen molar-refractivity contribution in [3.63, 3.8) is 0 Å². The van der Waals surface area contributed by atoms with Crippen molar-refractivity contribution >= 4 is 39.5 Å². The molecule has 0 fully saturated rings. The van der Waals surface area contributed by atoms with Gasteiger partial charge in [0.25, 0.3) is 0 Å². The predicted octanol–water partition coefficient (Wildman–Crippen LogP) is 27.9. The maximum absolute atomic E-state index is 13.2. The van der Waals surface area contributed by atoms with Gasteiger partial charge >= 0.3 is 39.5 Å². The van der Waals surface area contributed by atoms with Crippen molar-refractivity contribution < 1.29 is 80.2 Å². The molecule has 0 aliphatic heterocycles. The summed E-state index contributed by atoms with van der Waals surface area (Å²) in [6, 6.07) is 0. The highest BCUT2D eigenvalue weighted by atomic mass is 31.2. The average molecular weight is 1610 g/mol. The van der Waals surface area contributed by atoms with E-state index in [0.29, 0.717) is 25.7 Å². The SMILES string of the molecule is CCC(C)CCCCCCCCCCC(=O)OC[C@H](COP(=O)(O)OC[C@H](O)COP(=O)(O)OC[C@@H](COC(=O)CCCCCCCCCCCCCCCCCCCCC(C)C)OC(=O)CCCCCCCCCCCCCCCCCCCCC(C)C)OC(=O)CCCCCCCCCCCCCCCC(C)C. The number of carbonyl (C=O) groups is 4. The van der Waals surface area contributed by atoms with Crippen molar-refractivity contribution in [3.8, 4) is 0 Å². The van der Waals surface area contributed by atoms with Crippen LogP contribution < -0.4 is 0 Å². The molecule has 0 aliphatic rings. The van der Waals surface area contributed by atoms with E-state index >= 15 is 0 Å². The van der Waals surface area contributed by atoms with Crippen molar-refractivity contribution in [1.29, 1.82) is 0 Å². The highest BCUT2D eigenvalue weighted by molar-refractivity contribution is 7.47. The maximum atomic E-state index is 13.2. The Morgan fingerprint density at radius 2 is 0.436 bits per heavy atom. The quantitative estimate of drug-likeness (QED) is 0.0222. The molecule has 0 spiro atoms. The van der Waals surface area contributed by atoms with Crippen LogP contribution in [0.3, 0.4) is 0 Å². The first-order chi connectivity index (χ1) is 53.1. The van der Waals surface area contributed by atoms with E-state index in [9.17, 15) is 43.2 Å². The van der Waals surface area contributed by atoms with Crippen molar-refractivity contribution in [2.24, 2.45) is 23.7 Å². The number of unbranched alkanes of at least 4 members (excludes halogenated alkanes) is 53. The van der Waals surface area contributed by atoms with E-state index in [4.69, 9.17) is 37.0 Å². The largest absolute Gasteiger partial charge is 0.472 e. The third kappa shape index (κ3) is 82.6. The van der Waals surface area contributed by atoms with Crippen LogP contribution in [0.25, 0.3) is 0 Å². The molecule has 17 nitrogen and oxygen atoms in total. The zero-order chi connectivity index (χ0) is 80.9. The van der Waals surface area contributed by atoms with Gasteiger partial charge in [0.1, 0.15) is 19.3 Å². The van der Waals surface area contributed by atoms with Gasteiger partial charge in [-0.2, -0.15) is 0 Å². The van der Waals surface area contributed by atoms with Gasteiger partial charge in [-0.1, -0.05) is 428 Å². The number of aliphatic hydroxyl groups excluding tert-OH is 1. The average Bonchev–Trinajstić information content (AvgIpc) is 0.899. The molecule has 0 bridgehead atoms. The van der Waals surface area contributed by atoms with Crippen molar-refractivity contribution in [3.05, 3.63) is 0 Å². The fourth-order valence-electron chi connectivity index (χ4n) is 14.2. The van der Waals surface area contributed by atoms with Gasteiger partial charge in [-0.05, 0) is 49.4 Å². The monoisotopic (exact) mass is 1610 g/mol. The first kappa shape index (κ1) is 108. The van der Waals surface area contributed by atoms with Gasteiger partial charge in [-0.15, -0.1) is 0 Å². The van der Waals surface area contributed by atoms with Gasteiger partial charge in [0.2, 0.25) is 0 Å². The summed E-state index contributed by atoms with van der Waals surface area (Å²) in [7, 11) is -9.94. The van der Waals surface area contributed by atoms with Gasteiger partial charge in [-0.3, -0.25) is 37.3 Å². The van der Waals surface area contributed by atoms with E-state index in [1.807, 2.05) is 0 Å². The molecule has 6 atom stereocenters. The molecule has 0 radical (unpaired) electrons. The van der Waals surface area contributed by atoms with Crippen LogP contribution in [0.15, 0.2) is 0 Å². The number of aliphatic hydroxyl groups is 1. The van der Waals surface area contributed by atoms with Crippen LogP contribution in [0.4, 0.5) is 0 Å². The van der Waals surface area contributed by atoms with Crippen LogP contribution >= 0.6 is 15.6 Å². The lowest BCUT2D eigenvalue weighted by molar-refractivity contribution is -0.161. The van der Waals surface area contributed by atoms with Crippen molar-refractivity contribution in [2.45, 2.75) is 497 Å². The number of carbonyl (C=O) groups excluding carboxylic acids is 4. The van der Waals surface area contributed by atoms with Crippen LogP contribution in [0.5, 0.6) is 0 Å². The van der Waals surface area contributed by atoms with E-state index in [1.165, 1.54) is 283 Å².